The van der Waals surface area contributed by atoms with Gasteiger partial charge in [-0.05, 0) is 37.6 Å². The lowest BCUT2D eigenvalue weighted by Crippen LogP contribution is -2.41. The largest absolute Gasteiger partial charge is 0.490 e. The molecule has 0 fully saturated rings. The Morgan fingerprint density at radius 1 is 1.13 bits per heavy atom. The van der Waals surface area contributed by atoms with Crippen LogP contribution in [0.3, 0.4) is 0 Å². The van der Waals surface area contributed by atoms with Crippen LogP contribution in [0.4, 0.5) is 0 Å². The Morgan fingerprint density at radius 3 is 2.65 bits per heavy atom. The van der Waals surface area contributed by atoms with Crippen molar-refractivity contribution in [2.75, 3.05) is 6.61 Å². The smallest absolute Gasteiger partial charge is 0.244 e. The molecule has 0 aliphatic rings. The quantitative estimate of drug-likeness (QED) is 0.711. The molecule has 0 radical (unpaired) electrons. The van der Waals surface area contributed by atoms with Crippen LogP contribution in [0.5, 0.6) is 5.75 Å². The highest BCUT2D eigenvalue weighted by molar-refractivity contribution is 5.71. The van der Waals surface area contributed by atoms with Gasteiger partial charge in [-0.1, -0.05) is 30.3 Å². The summed E-state index contributed by atoms with van der Waals surface area (Å²) in [4.78, 5) is 0. The van der Waals surface area contributed by atoms with Crippen LogP contribution in [0.1, 0.15) is 12.5 Å². The zero-order valence-electron chi connectivity index (χ0n) is 13.6. The Morgan fingerprint density at radius 2 is 1.87 bits per heavy atom. The van der Waals surface area contributed by atoms with Gasteiger partial charge in [0, 0.05) is 0 Å². The summed E-state index contributed by atoms with van der Waals surface area (Å²) in [7, 11) is 0. The minimum atomic E-state index is -0.560. The summed E-state index contributed by atoms with van der Waals surface area (Å²) in [5.41, 5.74) is 3.39. The van der Waals surface area contributed by atoms with Gasteiger partial charge in [-0.15, -0.1) is 0 Å². The number of aryl methyl sites for hydroxylation is 2. The third-order valence-corrected chi connectivity index (χ3v) is 4.05. The molecule has 1 N–H and O–H groups in total. The molecule has 120 valence electrons. The fraction of sp³-hybridized carbons (Fsp3) is 0.316. The summed E-state index contributed by atoms with van der Waals surface area (Å²) in [5.74, 6) is 0.826. The van der Waals surface area contributed by atoms with E-state index in [9.17, 15) is 5.11 Å². The maximum atomic E-state index is 10.3. The molecule has 1 unspecified atom stereocenters. The molecule has 1 atom stereocenters. The van der Waals surface area contributed by atoms with Crippen LogP contribution in [0.25, 0.3) is 11.0 Å². The second-order valence-electron chi connectivity index (χ2n) is 5.77. The maximum Gasteiger partial charge on any atom is 0.244 e. The van der Waals surface area contributed by atoms with Crippen LogP contribution >= 0.6 is 0 Å². The van der Waals surface area contributed by atoms with Gasteiger partial charge in [-0.3, -0.25) is 0 Å². The van der Waals surface area contributed by atoms with Gasteiger partial charge in [0.2, 0.25) is 6.33 Å². The fourth-order valence-electron chi connectivity index (χ4n) is 2.82. The molecule has 0 aliphatic carbocycles. The first-order valence-corrected chi connectivity index (χ1v) is 8.03. The maximum absolute atomic E-state index is 10.3. The molecule has 0 saturated carbocycles. The number of benzene rings is 2. The van der Waals surface area contributed by atoms with E-state index in [0.29, 0.717) is 6.54 Å². The third-order valence-electron chi connectivity index (χ3n) is 4.05. The van der Waals surface area contributed by atoms with E-state index in [1.54, 1.807) is 0 Å². The number of aliphatic hydroxyl groups excluding tert-OH is 1. The Bertz CT molecular complexity index is 795. The number of rotatable bonds is 6. The lowest BCUT2D eigenvalue weighted by molar-refractivity contribution is -0.679. The second kappa shape index (κ2) is 6.84. The zero-order chi connectivity index (χ0) is 16.2. The predicted octanol–water partition coefficient (Wildman–Crippen LogP) is 2.70. The average molecular weight is 311 g/mol. The van der Waals surface area contributed by atoms with Crippen molar-refractivity contribution in [2.24, 2.45) is 0 Å². The molecule has 3 rings (SSSR count). The van der Waals surface area contributed by atoms with E-state index in [1.165, 1.54) is 5.52 Å². The van der Waals surface area contributed by atoms with Gasteiger partial charge in [-0.25, -0.2) is 9.13 Å². The summed E-state index contributed by atoms with van der Waals surface area (Å²) in [6.07, 6.45) is 1.50. The zero-order valence-corrected chi connectivity index (χ0v) is 13.6. The molecular formula is C19H23N2O2+. The van der Waals surface area contributed by atoms with Crippen LogP contribution < -0.4 is 9.30 Å². The van der Waals surface area contributed by atoms with E-state index in [1.807, 2.05) is 43.3 Å². The van der Waals surface area contributed by atoms with E-state index in [-0.39, 0.29) is 6.61 Å². The number of para-hydroxylation sites is 3. The SMILES string of the molecule is CCn1c[n+](CC(O)COc2ccccc2C)c2ccccc21. The van der Waals surface area contributed by atoms with Crippen LogP contribution in [0.15, 0.2) is 54.9 Å². The minimum Gasteiger partial charge on any atom is -0.490 e. The van der Waals surface area contributed by atoms with E-state index in [4.69, 9.17) is 4.74 Å². The average Bonchev–Trinajstić information content (AvgIpc) is 2.92. The molecule has 4 heteroatoms. The molecule has 1 aromatic heterocycles. The summed E-state index contributed by atoms with van der Waals surface area (Å²) >= 11 is 0. The first-order valence-electron chi connectivity index (χ1n) is 8.03. The molecule has 0 saturated heterocycles. The van der Waals surface area contributed by atoms with E-state index < -0.39 is 6.10 Å². The molecule has 0 aliphatic heterocycles. The summed E-state index contributed by atoms with van der Waals surface area (Å²) < 4.78 is 10.0. The summed E-state index contributed by atoms with van der Waals surface area (Å²) in [6, 6.07) is 16.1. The van der Waals surface area contributed by atoms with Crippen molar-refractivity contribution in [3.8, 4) is 5.75 Å². The van der Waals surface area contributed by atoms with Gasteiger partial charge >= 0.3 is 0 Å². The van der Waals surface area contributed by atoms with Crippen molar-refractivity contribution in [3.63, 3.8) is 0 Å². The topological polar surface area (TPSA) is 38.3 Å². The Hall–Kier alpha value is -2.33. The second-order valence-corrected chi connectivity index (χ2v) is 5.77. The molecular weight excluding hydrogens is 288 g/mol. The number of hydrogen-bond acceptors (Lipinski definition) is 2. The van der Waals surface area contributed by atoms with Crippen molar-refractivity contribution in [3.05, 3.63) is 60.4 Å². The summed E-state index contributed by atoms with van der Waals surface area (Å²) in [6.45, 7) is 5.83. The molecule has 23 heavy (non-hydrogen) atoms. The van der Waals surface area contributed by atoms with Gasteiger partial charge in [0.05, 0.1) is 6.54 Å². The molecule has 4 nitrogen and oxygen atoms in total. The highest BCUT2D eigenvalue weighted by atomic mass is 16.5. The van der Waals surface area contributed by atoms with E-state index in [2.05, 4.69) is 34.5 Å². The Kier molecular flexibility index (Phi) is 4.63. The standard InChI is InChI=1S/C19H23N2O2/c1-3-20-14-21(18-10-6-5-9-17(18)20)12-16(22)13-23-19-11-7-4-8-15(19)2/h4-11,14,16,22H,3,12-13H2,1-2H3/q+1. The number of aromatic nitrogens is 2. The Labute approximate surface area is 136 Å². The molecule has 0 amide bonds. The monoisotopic (exact) mass is 311 g/mol. The third kappa shape index (κ3) is 3.37. The van der Waals surface area contributed by atoms with Crippen LogP contribution in [0.2, 0.25) is 0 Å². The van der Waals surface area contributed by atoms with Gasteiger partial charge in [0.25, 0.3) is 0 Å². The highest BCUT2D eigenvalue weighted by Crippen LogP contribution is 2.16. The number of fused-ring (bicyclic) bond motifs is 1. The van der Waals surface area contributed by atoms with Gasteiger partial charge < -0.3 is 9.84 Å². The van der Waals surface area contributed by atoms with Gasteiger partial charge in [0.1, 0.15) is 25.0 Å². The van der Waals surface area contributed by atoms with Crippen LogP contribution in [-0.2, 0) is 13.1 Å². The lowest BCUT2D eigenvalue weighted by atomic mass is 10.2. The molecule has 1 heterocycles. The van der Waals surface area contributed by atoms with Crippen molar-refractivity contribution in [1.82, 2.24) is 4.57 Å². The molecule has 0 spiro atoms. The van der Waals surface area contributed by atoms with Crippen LogP contribution in [0, 0.1) is 6.92 Å². The van der Waals surface area contributed by atoms with Gasteiger partial charge in [0.15, 0.2) is 11.0 Å². The predicted molar refractivity (Wildman–Crippen MR) is 90.5 cm³/mol. The molecule has 3 aromatic rings. The number of ether oxygens (including phenoxy) is 1. The molecule has 0 bridgehead atoms. The highest BCUT2D eigenvalue weighted by Gasteiger charge is 2.17. The first kappa shape index (κ1) is 15.6. The number of hydrogen-bond donors (Lipinski definition) is 1. The normalized spacial score (nSPS) is 12.5. The van der Waals surface area contributed by atoms with E-state index in [0.717, 1.165) is 23.4 Å². The van der Waals surface area contributed by atoms with Crippen molar-refractivity contribution < 1.29 is 14.4 Å². The first-order chi connectivity index (χ1) is 11.2. The number of aliphatic hydroxyl groups is 1. The van der Waals surface area contributed by atoms with Gasteiger partial charge in [-0.2, -0.15) is 0 Å². The van der Waals surface area contributed by atoms with E-state index >= 15 is 0 Å². The molecule has 2 aromatic carbocycles. The van der Waals surface area contributed by atoms with Crippen molar-refractivity contribution >= 4 is 11.0 Å². The van der Waals surface area contributed by atoms with Crippen molar-refractivity contribution in [1.29, 1.82) is 0 Å². The Balaban J connectivity index is 1.71. The summed E-state index contributed by atoms with van der Waals surface area (Å²) in [5, 5.41) is 10.3. The van der Waals surface area contributed by atoms with Crippen molar-refractivity contribution in [2.45, 2.75) is 33.0 Å². The van der Waals surface area contributed by atoms with Crippen LogP contribution in [-0.4, -0.2) is 22.4 Å². The fourth-order valence-corrected chi connectivity index (χ4v) is 2.82. The lowest BCUT2D eigenvalue weighted by Gasteiger charge is -2.12. The number of imidazole rings is 1. The minimum absolute atomic E-state index is 0.281. The number of nitrogens with zero attached hydrogens (tertiary/aromatic N) is 2.